The van der Waals surface area contributed by atoms with Crippen LogP contribution in [0.5, 0.6) is 0 Å². The molecule has 0 amide bonds. The molecule has 0 spiro atoms. The van der Waals surface area contributed by atoms with Crippen LogP contribution in [0.1, 0.15) is 20.8 Å². The molecule has 0 saturated heterocycles. The average molecular weight is 144 g/mol. The molecule has 60 valence electrons. The summed E-state index contributed by atoms with van der Waals surface area (Å²) in [5.41, 5.74) is 5.27. The Bertz CT molecular complexity index is 105. The Morgan fingerprint density at radius 1 is 1.50 bits per heavy atom. The first-order valence-electron chi connectivity index (χ1n) is 3.43. The van der Waals surface area contributed by atoms with Crippen molar-refractivity contribution in [1.29, 1.82) is 0 Å². The van der Waals surface area contributed by atoms with Gasteiger partial charge in [-0.2, -0.15) is 0 Å². The Balaban J connectivity index is 3.37. The normalized spacial score (nSPS) is 12.4. The molecular weight excluding hydrogens is 128 g/mol. The molecule has 0 aromatic heterocycles. The zero-order chi connectivity index (χ0) is 8.04. The lowest BCUT2D eigenvalue weighted by molar-refractivity contribution is 0.151. The lowest BCUT2D eigenvalue weighted by Crippen LogP contribution is -2.09. The van der Waals surface area contributed by atoms with Crippen molar-refractivity contribution in [2.24, 2.45) is 16.3 Å². The smallest absolute Gasteiger partial charge is 0.129 e. The van der Waals surface area contributed by atoms with Crippen molar-refractivity contribution < 1.29 is 4.84 Å². The third-order valence-corrected chi connectivity index (χ3v) is 0.724. The maximum Gasteiger partial charge on any atom is 0.129 e. The fraction of sp³-hybridized carbons (Fsp3) is 0.857. The lowest BCUT2D eigenvalue weighted by atomic mass is 10.00. The summed E-state index contributed by atoms with van der Waals surface area (Å²) in [6.45, 7) is 7.18. The predicted molar refractivity (Wildman–Crippen MR) is 43.0 cm³/mol. The van der Waals surface area contributed by atoms with Crippen molar-refractivity contribution in [3.8, 4) is 0 Å². The second kappa shape index (κ2) is 4.28. The van der Waals surface area contributed by atoms with E-state index in [4.69, 9.17) is 10.6 Å². The molecule has 0 fully saturated rings. The molecule has 0 aromatic rings. The SMILES string of the molecule is CC(C)(C)/C=N/OCCN. The first-order chi connectivity index (χ1) is 4.56. The Morgan fingerprint density at radius 2 is 2.10 bits per heavy atom. The number of nitrogens with zero attached hydrogens (tertiary/aromatic N) is 1. The fourth-order valence-electron chi connectivity index (χ4n) is 0.301. The molecule has 3 heteroatoms. The van der Waals surface area contributed by atoms with Gasteiger partial charge in [0.2, 0.25) is 0 Å². The molecule has 0 rings (SSSR count). The minimum absolute atomic E-state index is 0.0919. The number of nitrogens with two attached hydrogens (primary N) is 1. The maximum atomic E-state index is 5.18. The van der Waals surface area contributed by atoms with Crippen LogP contribution < -0.4 is 5.73 Å². The van der Waals surface area contributed by atoms with E-state index >= 15 is 0 Å². The van der Waals surface area contributed by atoms with Gasteiger partial charge >= 0.3 is 0 Å². The van der Waals surface area contributed by atoms with Gasteiger partial charge in [-0.1, -0.05) is 25.9 Å². The van der Waals surface area contributed by atoms with E-state index in [1.165, 1.54) is 0 Å². The molecule has 0 unspecified atom stereocenters. The van der Waals surface area contributed by atoms with E-state index in [0.717, 1.165) is 0 Å². The molecule has 3 nitrogen and oxygen atoms in total. The minimum Gasteiger partial charge on any atom is -0.395 e. The third kappa shape index (κ3) is 7.43. The van der Waals surface area contributed by atoms with Crippen molar-refractivity contribution in [1.82, 2.24) is 0 Å². The van der Waals surface area contributed by atoms with Gasteiger partial charge in [-0.15, -0.1) is 0 Å². The quantitative estimate of drug-likeness (QED) is 0.365. The number of rotatable bonds is 3. The highest BCUT2D eigenvalue weighted by Gasteiger charge is 2.04. The van der Waals surface area contributed by atoms with Crippen LogP contribution in [0.4, 0.5) is 0 Å². The van der Waals surface area contributed by atoms with Crippen molar-refractivity contribution >= 4 is 6.21 Å². The minimum atomic E-state index is 0.0919. The molecule has 10 heavy (non-hydrogen) atoms. The molecule has 0 aliphatic carbocycles. The highest BCUT2D eigenvalue weighted by Crippen LogP contribution is 2.07. The average Bonchev–Trinajstić information content (AvgIpc) is 1.78. The first kappa shape index (κ1) is 9.43. The van der Waals surface area contributed by atoms with Crippen LogP contribution in [0.3, 0.4) is 0 Å². The van der Waals surface area contributed by atoms with Crippen molar-refractivity contribution in [3.63, 3.8) is 0 Å². The third-order valence-electron chi connectivity index (χ3n) is 0.724. The second-order valence-electron chi connectivity index (χ2n) is 3.22. The van der Waals surface area contributed by atoms with Crippen molar-refractivity contribution in [2.45, 2.75) is 20.8 Å². The zero-order valence-corrected chi connectivity index (χ0v) is 6.92. The van der Waals surface area contributed by atoms with E-state index in [2.05, 4.69) is 25.9 Å². The highest BCUT2D eigenvalue weighted by atomic mass is 16.6. The Morgan fingerprint density at radius 3 is 2.50 bits per heavy atom. The summed E-state index contributed by atoms with van der Waals surface area (Å²) >= 11 is 0. The molecule has 0 atom stereocenters. The van der Waals surface area contributed by atoms with Gasteiger partial charge in [0.1, 0.15) is 6.61 Å². The lowest BCUT2D eigenvalue weighted by Gasteiger charge is -2.08. The van der Waals surface area contributed by atoms with Gasteiger partial charge in [0.25, 0.3) is 0 Å². The van der Waals surface area contributed by atoms with Crippen LogP contribution in [0.2, 0.25) is 0 Å². The monoisotopic (exact) mass is 144 g/mol. The largest absolute Gasteiger partial charge is 0.395 e. The van der Waals surface area contributed by atoms with Crippen LogP contribution in [-0.4, -0.2) is 19.4 Å². The highest BCUT2D eigenvalue weighted by molar-refractivity contribution is 5.63. The first-order valence-corrected chi connectivity index (χ1v) is 3.43. The van der Waals surface area contributed by atoms with E-state index in [-0.39, 0.29) is 5.41 Å². The van der Waals surface area contributed by atoms with E-state index in [0.29, 0.717) is 13.2 Å². The zero-order valence-electron chi connectivity index (χ0n) is 6.92. The van der Waals surface area contributed by atoms with E-state index < -0.39 is 0 Å². The molecule has 0 aliphatic rings. The summed E-state index contributed by atoms with van der Waals surface area (Å²) in [6.07, 6.45) is 1.77. The summed E-state index contributed by atoms with van der Waals surface area (Å²) in [7, 11) is 0. The Hall–Kier alpha value is -0.570. The van der Waals surface area contributed by atoms with Crippen LogP contribution in [0.25, 0.3) is 0 Å². The van der Waals surface area contributed by atoms with Gasteiger partial charge in [-0.25, -0.2) is 0 Å². The van der Waals surface area contributed by atoms with Crippen LogP contribution in [0, 0.1) is 5.41 Å². The molecule has 0 aromatic carbocycles. The van der Waals surface area contributed by atoms with Crippen molar-refractivity contribution in [3.05, 3.63) is 0 Å². The molecule has 0 radical (unpaired) electrons. The molecule has 0 heterocycles. The van der Waals surface area contributed by atoms with Gasteiger partial charge in [0, 0.05) is 18.2 Å². The number of oxime groups is 1. The predicted octanol–water partition coefficient (Wildman–Crippen LogP) is 0.994. The number of hydrogen-bond donors (Lipinski definition) is 1. The van der Waals surface area contributed by atoms with Crippen molar-refractivity contribution in [2.75, 3.05) is 13.2 Å². The van der Waals surface area contributed by atoms with E-state index in [1.54, 1.807) is 6.21 Å². The van der Waals surface area contributed by atoms with E-state index in [1.807, 2.05) is 0 Å². The van der Waals surface area contributed by atoms with Gasteiger partial charge in [0.05, 0.1) is 0 Å². The van der Waals surface area contributed by atoms with Crippen LogP contribution in [-0.2, 0) is 4.84 Å². The summed E-state index contributed by atoms with van der Waals surface area (Å²) in [5, 5.41) is 3.73. The molecule has 0 aliphatic heterocycles. The van der Waals surface area contributed by atoms with Crippen LogP contribution >= 0.6 is 0 Å². The van der Waals surface area contributed by atoms with E-state index in [9.17, 15) is 0 Å². The summed E-state index contributed by atoms with van der Waals surface area (Å²) in [4.78, 5) is 4.80. The fourth-order valence-corrected chi connectivity index (χ4v) is 0.301. The molecule has 0 saturated carbocycles. The summed E-state index contributed by atoms with van der Waals surface area (Å²) in [5.74, 6) is 0. The van der Waals surface area contributed by atoms with Crippen LogP contribution in [0.15, 0.2) is 5.16 Å². The summed E-state index contributed by atoms with van der Waals surface area (Å²) in [6, 6.07) is 0. The second-order valence-corrected chi connectivity index (χ2v) is 3.22. The maximum absolute atomic E-state index is 5.18. The Kier molecular flexibility index (Phi) is 4.03. The summed E-state index contributed by atoms with van der Waals surface area (Å²) < 4.78 is 0. The van der Waals surface area contributed by atoms with Gasteiger partial charge < -0.3 is 10.6 Å². The molecule has 2 N–H and O–H groups in total. The Labute approximate surface area is 62.2 Å². The number of hydrogen-bond acceptors (Lipinski definition) is 3. The topological polar surface area (TPSA) is 47.6 Å². The molecule has 0 bridgehead atoms. The van der Waals surface area contributed by atoms with Gasteiger partial charge in [-0.3, -0.25) is 0 Å². The standard InChI is InChI=1S/C7H16N2O/c1-7(2,3)6-9-10-5-4-8/h6H,4-5,8H2,1-3H3/b9-6+. The molecular formula is C7H16N2O. The van der Waals surface area contributed by atoms with Gasteiger partial charge in [0.15, 0.2) is 0 Å². The van der Waals surface area contributed by atoms with Gasteiger partial charge in [-0.05, 0) is 0 Å².